The number of aryl methyl sites for hydroxylation is 1. The first kappa shape index (κ1) is 14.2. The second-order valence-electron chi connectivity index (χ2n) is 4.73. The largest absolute Gasteiger partial charge is 0.464 e. The number of carbonyl (C=O) groups excluding carboxylic acids is 1. The molecule has 1 aromatic heterocycles. The van der Waals surface area contributed by atoms with E-state index in [2.05, 4.69) is 12.2 Å². The second-order valence-corrected chi connectivity index (χ2v) is 4.73. The van der Waals surface area contributed by atoms with Crippen LogP contribution in [0, 0.1) is 6.92 Å². The molecule has 1 aromatic carbocycles. The number of nitrogens with one attached hydrogen (secondary N) is 1. The molecule has 2 aromatic rings. The van der Waals surface area contributed by atoms with Crippen molar-refractivity contribution in [1.29, 1.82) is 0 Å². The summed E-state index contributed by atoms with van der Waals surface area (Å²) >= 11 is 0. The van der Waals surface area contributed by atoms with Gasteiger partial charge in [0.1, 0.15) is 11.5 Å². The predicted molar refractivity (Wildman–Crippen MR) is 79.6 cm³/mol. The van der Waals surface area contributed by atoms with Crippen molar-refractivity contribution in [3.05, 3.63) is 54.0 Å². The van der Waals surface area contributed by atoms with Gasteiger partial charge >= 0.3 is 6.03 Å². The average Bonchev–Trinajstić information content (AvgIpc) is 2.85. The Balaban J connectivity index is 2.02. The molecule has 0 aliphatic rings. The Bertz CT molecular complexity index is 549. The Morgan fingerprint density at radius 3 is 2.55 bits per heavy atom. The molecule has 20 heavy (non-hydrogen) atoms. The fourth-order valence-corrected chi connectivity index (χ4v) is 2.00. The molecule has 4 nitrogen and oxygen atoms in total. The van der Waals surface area contributed by atoms with Gasteiger partial charge in [-0.25, -0.2) is 4.79 Å². The summed E-state index contributed by atoms with van der Waals surface area (Å²) in [6.45, 7) is 5.13. The third-order valence-corrected chi connectivity index (χ3v) is 2.95. The van der Waals surface area contributed by atoms with Gasteiger partial charge in [-0.05, 0) is 37.6 Å². The van der Waals surface area contributed by atoms with E-state index in [-0.39, 0.29) is 6.03 Å². The number of anilines is 1. The van der Waals surface area contributed by atoms with E-state index in [1.54, 1.807) is 4.90 Å². The van der Waals surface area contributed by atoms with Gasteiger partial charge in [-0.1, -0.05) is 25.1 Å². The van der Waals surface area contributed by atoms with Crippen molar-refractivity contribution in [2.24, 2.45) is 0 Å². The lowest BCUT2D eigenvalue weighted by Gasteiger charge is -2.21. The second kappa shape index (κ2) is 6.80. The van der Waals surface area contributed by atoms with Crippen molar-refractivity contribution >= 4 is 11.7 Å². The number of furan rings is 1. The molecule has 1 N–H and O–H groups in total. The minimum absolute atomic E-state index is 0.105. The lowest BCUT2D eigenvalue weighted by Crippen LogP contribution is -2.34. The van der Waals surface area contributed by atoms with Crippen molar-refractivity contribution in [2.45, 2.75) is 26.8 Å². The van der Waals surface area contributed by atoms with Crippen molar-refractivity contribution in [2.75, 3.05) is 11.9 Å². The molecule has 0 bridgehead atoms. The smallest absolute Gasteiger partial charge is 0.322 e. The van der Waals surface area contributed by atoms with Gasteiger partial charge in [0, 0.05) is 12.2 Å². The molecule has 4 heteroatoms. The summed E-state index contributed by atoms with van der Waals surface area (Å²) < 4.78 is 5.54. The van der Waals surface area contributed by atoms with Crippen LogP contribution in [0.25, 0.3) is 0 Å². The highest BCUT2D eigenvalue weighted by atomic mass is 16.3. The molecule has 0 radical (unpaired) electrons. The van der Waals surface area contributed by atoms with Crippen molar-refractivity contribution in [1.82, 2.24) is 4.90 Å². The zero-order valence-corrected chi connectivity index (χ0v) is 11.9. The summed E-state index contributed by atoms with van der Waals surface area (Å²) in [5.74, 6) is 1.67. The van der Waals surface area contributed by atoms with Gasteiger partial charge in [0.25, 0.3) is 0 Å². The summed E-state index contributed by atoms with van der Waals surface area (Å²) in [6, 6.07) is 13.2. The summed E-state index contributed by atoms with van der Waals surface area (Å²) in [6.07, 6.45) is 0.905. The number of nitrogens with zero attached hydrogens (tertiary/aromatic N) is 1. The molecule has 0 aliphatic carbocycles. The van der Waals surface area contributed by atoms with Crippen molar-refractivity contribution in [3.8, 4) is 0 Å². The van der Waals surface area contributed by atoms with Gasteiger partial charge in [-0.15, -0.1) is 0 Å². The average molecular weight is 272 g/mol. The summed E-state index contributed by atoms with van der Waals surface area (Å²) in [7, 11) is 0. The van der Waals surface area contributed by atoms with Crippen LogP contribution < -0.4 is 5.32 Å². The highest BCUT2D eigenvalue weighted by molar-refractivity contribution is 5.89. The third kappa shape index (κ3) is 3.88. The Hall–Kier alpha value is -2.23. The van der Waals surface area contributed by atoms with Gasteiger partial charge in [0.2, 0.25) is 0 Å². The van der Waals surface area contributed by atoms with Gasteiger partial charge in [-0.2, -0.15) is 0 Å². The van der Waals surface area contributed by atoms with Crippen molar-refractivity contribution in [3.63, 3.8) is 0 Å². The van der Waals surface area contributed by atoms with E-state index in [1.807, 2.05) is 49.4 Å². The molecular weight excluding hydrogens is 252 g/mol. The normalized spacial score (nSPS) is 10.3. The number of rotatable bonds is 5. The fraction of sp³-hybridized carbons (Fsp3) is 0.312. The summed E-state index contributed by atoms with van der Waals surface area (Å²) in [5.41, 5.74) is 0.800. The molecule has 0 atom stereocenters. The van der Waals surface area contributed by atoms with Crippen LogP contribution in [0.5, 0.6) is 0 Å². The maximum absolute atomic E-state index is 12.3. The van der Waals surface area contributed by atoms with E-state index < -0.39 is 0 Å². The van der Waals surface area contributed by atoms with Crippen molar-refractivity contribution < 1.29 is 9.21 Å². The molecule has 0 fully saturated rings. The van der Waals surface area contributed by atoms with Crippen LogP contribution in [0.4, 0.5) is 10.5 Å². The molecular formula is C16H20N2O2. The number of carbonyl (C=O) groups is 1. The predicted octanol–water partition coefficient (Wildman–Crippen LogP) is 4.03. The number of hydrogen-bond donors (Lipinski definition) is 1. The zero-order chi connectivity index (χ0) is 14.4. The molecule has 2 rings (SSSR count). The van der Waals surface area contributed by atoms with Crippen LogP contribution >= 0.6 is 0 Å². The first-order chi connectivity index (χ1) is 9.69. The minimum atomic E-state index is -0.105. The first-order valence-corrected chi connectivity index (χ1v) is 6.85. The molecule has 106 valence electrons. The van der Waals surface area contributed by atoms with Gasteiger partial charge in [-0.3, -0.25) is 0 Å². The molecule has 2 amide bonds. The summed E-state index contributed by atoms with van der Waals surface area (Å²) in [5, 5.41) is 2.90. The Morgan fingerprint density at radius 1 is 1.20 bits per heavy atom. The van der Waals surface area contributed by atoms with Crippen LogP contribution in [0.2, 0.25) is 0 Å². The molecule has 0 spiro atoms. The standard InChI is InChI=1S/C16H20N2O2/c1-3-11-18(12-15-10-9-13(2)20-15)16(19)17-14-7-5-4-6-8-14/h4-10H,3,11-12H2,1-2H3,(H,17,19). The van der Waals surface area contributed by atoms with E-state index >= 15 is 0 Å². The molecule has 0 unspecified atom stereocenters. The molecule has 0 saturated heterocycles. The SMILES string of the molecule is CCCN(Cc1ccc(C)o1)C(=O)Nc1ccccc1. The Kier molecular flexibility index (Phi) is 4.82. The van der Waals surface area contributed by atoms with E-state index in [9.17, 15) is 4.79 Å². The van der Waals surface area contributed by atoms with Gasteiger partial charge in [0.05, 0.1) is 6.54 Å². The number of amides is 2. The molecule has 1 heterocycles. The van der Waals surface area contributed by atoms with Crippen LogP contribution in [-0.4, -0.2) is 17.5 Å². The third-order valence-electron chi connectivity index (χ3n) is 2.95. The fourth-order valence-electron chi connectivity index (χ4n) is 2.00. The van der Waals surface area contributed by atoms with E-state index in [4.69, 9.17) is 4.42 Å². The van der Waals surface area contributed by atoms with Crippen LogP contribution in [0.1, 0.15) is 24.9 Å². The number of hydrogen-bond acceptors (Lipinski definition) is 2. The highest BCUT2D eigenvalue weighted by Crippen LogP contribution is 2.12. The number of benzene rings is 1. The van der Waals surface area contributed by atoms with E-state index in [0.29, 0.717) is 13.1 Å². The highest BCUT2D eigenvalue weighted by Gasteiger charge is 2.14. The first-order valence-electron chi connectivity index (χ1n) is 6.85. The van der Waals surface area contributed by atoms with E-state index in [0.717, 1.165) is 23.6 Å². The lowest BCUT2D eigenvalue weighted by atomic mass is 10.3. The summed E-state index contributed by atoms with van der Waals surface area (Å²) in [4.78, 5) is 14.0. The van der Waals surface area contributed by atoms with Crippen LogP contribution in [-0.2, 0) is 6.54 Å². The quantitative estimate of drug-likeness (QED) is 0.893. The monoisotopic (exact) mass is 272 g/mol. The Labute approximate surface area is 119 Å². The van der Waals surface area contributed by atoms with Crippen LogP contribution in [0.3, 0.4) is 0 Å². The maximum atomic E-state index is 12.3. The van der Waals surface area contributed by atoms with E-state index in [1.165, 1.54) is 0 Å². The number of urea groups is 1. The van der Waals surface area contributed by atoms with Gasteiger partial charge in [0.15, 0.2) is 0 Å². The Morgan fingerprint density at radius 2 is 1.95 bits per heavy atom. The molecule has 0 saturated carbocycles. The topological polar surface area (TPSA) is 45.5 Å². The molecule has 0 aliphatic heterocycles. The van der Waals surface area contributed by atoms with Gasteiger partial charge < -0.3 is 14.6 Å². The van der Waals surface area contributed by atoms with Crippen LogP contribution in [0.15, 0.2) is 46.9 Å². The lowest BCUT2D eigenvalue weighted by molar-refractivity contribution is 0.204. The maximum Gasteiger partial charge on any atom is 0.322 e. The minimum Gasteiger partial charge on any atom is -0.464 e. The number of para-hydroxylation sites is 1. The zero-order valence-electron chi connectivity index (χ0n) is 11.9.